The molecule has 0 bridgehead atoms. The van der Waals surface area contributed by atoms with Crippen molar-refractivity contribution in [3.63, 3.8) is 0 Å². The van der Waals surface area contributed by atoms with E-state index >= 15 is 0 Å². The van der Waals surface area contributed by atoms with Gasteiger partial charge in [-0.3, -0.25) is 62.5 Å². The molecule has 0 heterocycles. The standard InChI is InChI=1S/C49H86N14O19/c1-10-24(8)38(47(80)60-31(20-65)43(76)55-26(13-14-33(68)69)40(73)62-36(22(4)5)45(78)56-27(48(81)82)12-11-15-53-49(51)52)61-32(67)18-54-39(72)30(19-64)59-42(75)29(17-34(70)71)57-41(74)28(16-21(2)3)58-46(79)37(23(6)7)63-44(77)35(50)25(9)66/h21-31,35-38,64-66H,10-20,50H2,1-9H3,(H,54,72)(H,55,76)(H,56,78)(H,57,74)(H,58,79)(H,59,75)(H,60,80)(H,61,67)(H,62,73)(H,63,77)(H,68,69)(H,70,71)(H,81,82)(H4,51,52,53)/t24-,25+,26-,27-,28-,29+,30-,31-,35-,36-,37-,38-/m0/s1. The molecular weight excluding hydrogens is 1090 g/mol. The van der Waals surface area contributed by atoms with Crippen LogP contribution in [0.4, 0.5) is 0 Å². The Morgan fingerprint density at radius 3 is 1.40 bits per heavy atom. The van der Waals surface area contributed by atoms with Gasteiger partial charge in [0.1, 0.15) is 60.4 Å². The van der Waals surface area contributed by atoms with Crippen LogP contribution in [0, 0.1) is 23.7 Å². The van der Waals surface area contributed by atoms with Crippen LogP contribution >= 0.6 is 0 Å². The predicted octanol–water partition coefficient (Wildman–Crippen LogP) is -6.96. The Labute approximate surface area is 474 Å². The van der Waals surface area contributed by atoms with Crippen LogP contribution in [-0.2, 0) is 62.3 Å². The average molecular weight is 1180 g/mol. The number of rotatable bonds is 39. The van der Waals surface area contributed by atoms with Crippen molar-refractivity contribution in [1.29, 1.82) is 0 Å². The second-order valence-corrected chi connectivity index (χ2v) is 20.6. The van der Waals surface area contributed by atoms with E-state index in [9.17, 15) is 93.0 Å². The highest BCUT2D eigenvalue weighted by molar-refractivity contribution is 5.99. The van der Waals surface area contributed by atoms with E-state index in [1.165, 1.54) is 27.7 Å². The number of aliphatic imine (C=N–C) groups is 1. The Bertz CT molecular complexity index is 2250. The number of nitrogens with one attached hydrogen (secondary N) is 10. The third kappa shape index (κ3) is 27.6. The molecule has 0 aromatic heterocycles. The van der Waals surface area contributed by atoms with Crippen LogP contribution in [0.3, 0.4) is 0 Å². The van der Waals surface area contributed by atoms with Crippen LogP contribution < -0.4 is 70.4 Å². The van der Waals surface area contributed by atoms with E-state index < -0.39 is 200 Å². The van der Waals surface area contributed by atoms with Gasteiger partial charge in [-0.15, -0.1) is 0 Å². The van der Waals surface area contributed by atoms with E-state index in [1.54, 1.807) is 34.6 Å². The largest absolute Gasteiger partial charge is 0.481 e. The van der Waals surface area contributed by atoms with Gasteiger partial charge in [-0.1, -0.05) is 61.8 Å². The zero-order valence-electron chi connectivity index (χ0n) is 47.6. The molecule has 0 unspecified atom stereocenters. The van der Waals surface area contributed by atoms with Gasteiger partial charge in [0, 0.05) is 13.0 Å². The van der Waals surface area contributed by atoms with E-state index in [0.29, 0.717) is 0 Å². The first-order valence-corrected chi connectivity index (χ1v) is 26.5. The Hall–Kier alpha value is -7.78. The molecule has 0 rings (SSSR count). The van der Waals surface area contributed by atoms with Gasteiger partial charge < -0.3 is 101 Å². The number of hydrogen-bond acceptors (Lipinski definition) is 18. The maximum Gasteiger partial charge on any atom is 0.326 e. The number of amides is 10. The lowest BCUT2D eigenvalue weighted by Gasteiger charge is -2.28. The van der Waals surface area contributed by atoms with Crippen molar-refractivity contribution in [2.75, 3.05) is 26.3 Å². The van der Waals surface area contributed by atoms with E-state index in [4.69, 9.17) is 17.2 Å². The molecule has 0 spiro atoms. The topological polar surface area (TPSA) is 554 Å². The van der Waals surface area contributed by atoms with Crippen molar-refractivity contribution < 1.29 is 93.0 Å². The van der Waals surface area contributed by atoms with E-state index in [1.807, 2.05) is 0 Å². The molecule has 0 aliphatic heterocycles. The Balaban J connectivity index is 6.19. The highest BCUT2D eigenvalue weighted by Crippen LogP contribution is 2.13. The molecule has 0 aromatic carbocycles. The number of aliphatic carboxylic acids is 3. The number of carbonyl (C=O) groups is 13. The number of nitrogens with zero attached hydrogens (tertiary/aromatic N) is 1. The lowest BCUT2D eigenvalue weighted by atomic mass is 9.97. The monoisotopic (exact) mass is 1170 g/mol. The van der Waals surface area contributed by atoms with Crippen molar-refractivity contribution in [2.45, 2.75) is 174 Å². The quantitative estimate of drug-likeness (QED) is 0.0154. The first-order valence-electron chi connectivity index (χ1n) is 26.5. The van der Waals surface area contributed by atoms with Crippen molar-refractivity contribution in [3.8, 4) is 0 Å². The summed E-state index contributed by atoms with van der Waals surface area (Å²) in [5.41, 5.74) is 16.3. The van der Waals surface area contributed by atoms with Crippen LogP contribution in [0.1, 0.15) is 107 Å². The fraction of sp³-hybridized carbons (Fsp3) is 0.714. The molecule has 0 aliphatic rings. The van der Waals surface area contributed by atoms with Crippen LogP contribution in [0.15, 0.2) is 4.99 Å². The molecule has 12 atom stereocenters. The minimum atomic E-state index is -1.92. The van der Waals surface area contributed by atoms with E-state index in [0.717, 1.165) is 0 Å². The van der Waals surface area contributed by atoms with E-state index in [2.05, 4.69) is 58.2 Å². The predicted molar refractivity (Wildman–Crippen MR) is 289 cm³/mol. The van der Waals surface area contributed by atoms with Gasteiger partial charge in [0.2, 0.25) is 59.1 Å². The molecule has 0 saturated carbocycles. The maximum absolute atomic E-state index is 13.7. The van der Waals surface area contributed by atoms with Crippen molar-refractivity contribution in [2.24, 2.45) is 45.9 Å². The van der Waals surface area contributed by atoms with Crippen LogP contribution in [0.25, 0.3) is 0 Å². The average Bonchev–Trinajstić information content (AvgIpc) is 3.45. The normalized spacial score (nSPS) is 15.6. The first kappa shape index (κ1) is 74.2. The molecule has 33 heteroatoms. The number of aliphatic hydroxyl groups is 3. The number of guanidine groups is 1. The van der Waals surface area contributed by atoms with E-state index in [-0.39, 0.29) is 44.1 Å². The summed E-state index contributed by atoms with van der Waals surface area (Å²) in [4.78, 5) is 173. The molecule has 82 heavy (non-hydrogen) atoms. The van der Waals surface area contributed by atoms with Gasteiger partial charge in [0.25, 0.3) is 0 Å². The molecule has 0 fully saturated rings. The number of carboxylic acid groups (broad SMARTS) is 3. The first-order chi connectivity index (χ1) is 38.1. The fourth-order valence-corrected chi connectivity index (χ4v) is 7.38. The molecule has 22 N–H and O–H groups in total. The summed E-state index contributed by atoms with van der Waals surface area (Å²) in [6, 6.07) is -15.8. The second kappa shape index (κ2) is 37.3. The molecule has 33 nitrogen and oxygen atoms in total. The van der Waals surface area contributed by atoms with Crippen molar-refractivity contribution >= 4 is 82.9 Å². The molecule has 0 saturated heterocycles. The molecule has 0 aliphatic carbocycles. The highest BCUT2D eigenvalue weighted by atomic mass is 16.4. The third-order valence-electron chi connectivity index (χ3n) is 12.4. The summed E-state index contributed by atoms with van der Waals surface area (Å²) in [6.45, 7) is 10.8. The number of nitrogens with two attached hydrogens (primary N) is 3. The molecule has 0 aromatic rings. The molecule has 0 radical (unpaired) electrons. The van der Waals surface area contributed by atoms with Gasteiger partial charge in [0.15, 0.2) is 5.96 Å². The fourth-order valence-electron chi connectivity index (χ4n) is 7.38. The molecule has 10 amide bonds. The SMILES string of the molecule is CC[C@H](C)[C@H](NC(=O)CNC(=O)[C@H](CO)NC(=O)[C@@H](CC(=O)O)NC(=O)[C@H](CC(C)C)NC(=O)[C@@H](NC(=O)[C@@H](N)[C@@H](C)O)C(C)C)C(=O)N[C@@H](CO)C(=O)N[C@@H](CCC(=O)O)C(=O)N[C@H](C(=O)N[C@@H](CCCN=C(N)N)C(=O)O)C(C)C. The summed E-state index contributed by atoms with van der Waals surface area (Å²) in [5.74, 6) is -17.5. The lowest BCUT2D eigenvalue weighted by molar-refractivity contribution is -0.143. The molecule has 466 valence electrons. The minimum Gasteiger partial charge on any atom is -0.481 e. The van der Waals surface area contributed by atoms with Crippen LogP contribution in [-0.4, -0.2) is 206 Å². The smallest absolute Gasteiger partial charge is 0.326 e. The second-order valence-electron chi connectivity index (χ2n) is 20.6. The maximum atomic E-state index is 13.7. The number of hydrogen-bond donors (Lipinski definition) is 19. The third-order valence-corrected chi connectivity index (χ3v) is 12.4. The Morgan fingerprint density at radius 1 is 0.500 bits per heavy atom. The van der Waals surface area contributed by atoms with Crippen LogP contribution in [0.5, 0.6) is 0 Å². The number of carbonyl (C=O) groups excluding carboxylic acids is 10. The Morgan fingerprint density at radius 2 is 0.939 bits per heavy atom. The van der Waals surface area contributed by atoms with Gasteiger partial charge in [-0.05, 0) is 56.3 Å². The van der Waals surface area contributed by atoms with Gasteiger partial charge in [0.05, 0.1) is 32.3 Å². The summed E-state index contributed by atoms with van der Waals surface area (Å²) < 4.78 is 0. The highest BCUT2D eigenvalue weighted by Gasteiger charge is 2.37. The van der Waals surface area contributed by atoms with Gasteiger partial charge in [-0.25, -0.2) is 4.79 Å². The van der Waals surface area contributed by atoms with Gasteiger partial charge >= 0.3 is 17.9 Å². The van der Waals surface area contributed by atoms with Crippen molar-refractivity contribution in [3.05, 3.63) is 0 Å². The summed E-state index contributed by atoms with van der Waals surface area (Å²) >= 11 is 0. The molecular formula is C49H86N14O19. The summed E-state index contributed by atoms with van der Waals surface area (Å²) in [5, 5.41) is 81.7. The number of aliphatic hydroxyl groups excluding tert-OH is 3. The summed E-state index contributed by atoms with van der Waals surface area (Å²) in [6.07, 6.45) is -3.42. The minimum absolute atomic E-state index is 0.0505. The lowest BCUT2D eigenvalue weighted by Crippen LogP contribution is -2.61. The van der Waals surface area contributed by atoms with Gasteiger partial charge in [-0.2, -0.15) is 0 Å². The van der Waals surface area contributed by atoms with Crippen molar-refractivity contribution in [1.82, 2.24) is 53.2 Å². The Kier molecular flexibility index (Phi) is 33.7. The van der Waals surface area contributed by atoms with Crippen LogP contribution in [0.2, 0.25) is 0 Å². The zero-order chi connectivity index (χ0) is 63.3. The summed E-state index contributed by atoms with van der Waals surface area (Å²) in [7, 11) is 0. The number of carboxylic acids is 3. The zero-order valence-corrected chi connectivity index (χ0v) is 47.6.